The van der Waals surface area contributed by atoms with Gasteiger partial charge < -0.3 is 9.52 Å². The Labute approximate surface area is 98.3 Å². The Morgan fingerprint density at radius 1 is 1.06 bits per heavy atom. The molecule has 2 aromatic carbocycles. The molecule has 3 heteroatoms. The fourth-order valence-electron chi connectivity index (χ4n) is 1.77. The lowest BCUT2D eigenvalue weighted by molar-refractivity contribution is 0.282. The van der Waals surface area contributed by atoms with Crippen molar-refractivity contribution >= 4 is 11.1 Å². The summed E-state index contributed by atoms with van der Waals surface area (Å²) in [4.78, 5) is 4.41. The lowest BCUT2D eigenvalue weighted by Crippen LogP contribution is -1.80. The Balaban J connectivity index is 2.14. The van der Waals surface area contributed by atoms with Gasteiger partial charge in [0.2, 0.25) is 5.89 Å². The van der Waals surface area contributed by atoms with Gasteiger partial charge in [-0.3, -0.25) is 0 Å². The molecular weight excluding hydrogens is 214 g/mol. The van der Waals surface area contributed by atoms with E-state index in [0.29, 0.717) is 11.5 Å². The van der Waals surface area contributed by atoms with Gasteiger partial charge in [0.15, 0.2) is 5.58 Å². The number of rotatable bonds is 2. The van der Waals surface area contributed by atoms with Crippen molar-refractivity contribution in [1.29, 1.82) is 0 Å². The molecule has 1 heterocycles. The van der Waals surface area contributed by atoms with Crippen LogP contribution < -0.4 is 0 Å². The molecular formula is C14H11NO2. The minimum Gasteiger partial charge on any atom is -0.436 e. The highest BCUT2D eigenvalue weighted by molar-refractivity contribution is 5.76. The van der Waals surface area contributed by atoms with Crippen LogP contribution in [-0.4, -0.2) is 10.1 Å². The first-order valence-corrected chi connectivity index (χ1v) is 5.42. The molecule has 3 nitrogen and oxygen atoms in total. The minimum atomic E-state index is 0.0112. The number of oxazole rings is 1. The lowest BCUT2D eigenvalue weighted by Gasteiger charge is -1.93. The van der Waals surface area contributed by atoms with Crippen LogP contribution in [0.25, 0.3) is 22.6 Å². The molecule has 17 heavy (non-hydrogen) atoms. The van der Waals surface area contributed by atoms with Gasteiger partial charge in [0, 0.05) is 5.56 Å². The second kappa shape index (κ2) is 4.03. The van der Waals surface area contributed by atoms with Crippen molar-refractivity contribution in [2.75, 3.05) is 0 Å². The highest BCUT2D eigenvalue weighted by atomic mass is 16.3. The molecule has 84 valence electrons. The van der Waals surface area contributed by atoms with Gasteiger partial charge >= 0.3 is 0 Å². The third kappa shape index (κ3) is 1.81. The maximum absolute atomic E-state index is 9.06. The first-order valence-electron chi connectivity index (χ1n) is 5.42. The quantitative estimate of drug-likeness (QED) is 0.729. The lowest BCUT2D eigenvalue weighted by atomic mass is 10.2. The molecule has 0 aliphatic carbocycles. The van der Waals surface area contributed by atoms with Gasteiger partial charge in [0.25, 0.3) is 0 Å². The molecule has 0 spiro atoms. The van der Waals surface area contributed by atoms with E-state index in [1.807, 2.05) is 48.5 Å². The number of aliphatic hydroxyl groups is 1. The van der Waals surface area contributed by atoms with Gasteiger partial charge in [-0.15, -0.1) is 0 Å². The molecule has 0 atom stereocenters. The third-order valence-corrected chi connectivity index (χ3v) is 2.66. The monoisotopic (exact) mass is 225 g/mol. The van der Waals surface area contributed by atoms with Crippen LogP contribution in [0.4, 0.5) is 0 Å². The zero-order valence-electron chi connectivity index (χ0n) is 9.13. The number of hydrogen-bond acceptors (Lipinski definition) is 3. The Kier molecular flexibility index (Phi) is 2.38. The standard InChI is InChI=1S/C14H11NO2/c16-9-10-6-7-12-13(8-10)17-14(15-12)11-4-2-1-3-5-11/h1-8,16H,9H2. The Bertz CT molecular complexity index is 644. The van der Waals surface area contributed by atoms with Crippen molar-refractivity contribution in [3.63, 3.8) is 0 Å². The summed E-state index contributed by atoms with van der Waals surface area (Å²) < 4.78 is 5.67. The molecule has 0 aliphatic heterocycles. The highest BCUT2D eigenvalue weighted by Crippen LogP contribution is 2.24. The number of aromatic nitrogens is 1. The van der Waals surface area contributed by atoms with E-state index in [4.69, 9.17) is 9.52 Å². The van der Waals surface area contributed by atoms with Crippen LogP contribution >= 0.6 is 0 Å². The van der Waals surface area contributed by atoms with Gasteiger partial charge in [0.05, 0.1) is 6.61 Å². The predicted octanol–water partition coefficient (Wildman–Crippen LogP) is 2.99. The zero-order valence-corrected chi connectivity index (χ0v) is 9.13. The first-order chi connectivity index (χ1) is 8.36. The fraction of sp³-hybridized carbons (Fsp3) is 0.0714. The molecule has 3 aromatic rings. The average molecular weight is 225 g/mol. The molecule has 0 fully saturated rings. The van der Waals surface area contributed by atoms with Crippen molar-refractivity contribution in [2.24, 2.45) is 0 Å². The van der Waals surface area contributed by atoms with Crippen LogP contribution in [0.5, 0.6) is 0 Å². The Morgan fingerprint density at radius 2 is 1.88 bits per heavy atom. The maximum atomic E-state index is 9.06. The van der Waals surface area contributed by atoms with Gasteiger partial charge in [-0.25, -0.2) is 4.98 Å². The van der Waals surface area contributed by atoms with Crippen LogP contribution in [0.15, 0.2) is 52.9 Å². The molecule has 0 saturated carbocycles. The molecule has 0 radical (unpaired) electrons. The van der Waals surface area contributed by atoms with Crippen molar-refractivity contribution in [3.05, 3.63) is 54.1 Å². The second-order valence-corrected chi connectivity index (χ2v) is 3.85. The number of benzene rings is 2. The van der Waals surface area contributed by atoms with Crippen molar-refractivity contribution in [2.45, 2.75) is 6.61 Å². The topological polar surface area (TPSA) is 46.3 Å². The molecule has 0 aliphatic rings. The number of fused-ring (bicyclic) bond motifs is 1. The van der Waals surface area contributed by atoms with Crippen molar-refractivity contribution in [1.82, 2.24) is 4.98 Å². The van der Waals surface area contributed by atoms with E-state index < -0.39 is 0 Å². The van der Waals surface area contributed by atoms with E-state index in [0.717, 1.165) is 16.6 Å². The van der Waals surface area contributed by atoms with Crippen LogP contribution in [0.3, 0.4) is 0 Å². The van der Waals surface area contributed by atoms with E-state index >= 15 is 0 Å². The molecule has 0 saturated heterocycles. The van der Waals surface area contributed by atoms with E-state index in [-0.39, 0.29) is 6.61 Å². The minimum absolute atomic E-state index is 0.0112. The third-order valence-electron chi connectivity index (χ3n) is 2.66. The van der Waals surface area contributed by atoms with E-state index in [1.54, 1.807) is 0 Å². The second-order valence-electron chi connectivity index (χ2n) is 3.85. The van der Waals surface area contributed by atoms with E-state index in [1.165, 1.54) is 0 Å². The number of hydrogen-bond donors (Lipinski definition) is 1. The summed E-state index contributed by atoms with van der Waals surface area (Å²) in [7, 11) is 0. The molecule has 0 unspecified atom stereocenters. The van der Waals surface area contributed by atoms with Gasteiger partial charge in [-0.1, -0.05) is 24.3 Å². The van der Waals surface area contributed by atoms with Gasteiger partial charge in [-0.05, 0) is 29.8 Å². The summed E-state index contributed by atoms with van der Waals surface area (Å²) in [6, 6.07) is 15.3. The van der Waals surface area contributed by atoms with E-state index in [9.17, 15) is 0 Å². The maximum Gasteiger partial charge on any atom is 0.227 e. The summed E-state index contributed by atoms with van der Waals surface area (Å²) in [5.41, 5.74) is 3.29. The SMILES string of the molecule is OCc1ccc2nc(-c3ccccc3)oc2c1. The van der Waals surface area contributed by atoms with Crippen LogP contribution in [0.1, 0.15) is 5.56 Å². The average Bonchev–Trinajstić information content (AvgIpc) is 2.82. The normalized spacial score (nSPS) is 10.9. The summed E-state index contributed by atoms with van der Waals surface area (Å²) in [6.45, 7) is 0.0112. The fourth-order valence-corrected chi connectivity index (χ4v) is 1.77. The van der Waals surface area contributed by atoms with Crippen LogP contribution in [-0.2, 0) is 6.61 Å². The summed E-state index contributed by atoms with van der Waals surface area (Å²) in [5.74, 6) is 0.607. The van der Waals surface area contributed by atoms with Gasteiger partial charge in [0.1, 0.15) is 5.52 Å². The smallest absolute Gasteiger partial charge is 0.227 e. The Hall–Kier alpha value is -2.13. The summed E-state index contributed by atoms with van der Waals surface area (Å²) >= 11 is 0. The largest absolute Gasteiger partial charge is 0.436 e. The number of aliphatic hydroxyl groups excluding tert-OH is 1. The summed E-state index contributed by atoms with van der Waals surface area (Å²) in [6.07, 6.45) is 0. The number of nitrogens with zero attached hydrogens (tertiary/aromatic N) is 1. The molecule has 0 bridgehead atoms. The van der Waals surface area contributed by atoms with Crippen molar-refractivity contribution < 1.29 is 9.52 Å². The molecule has 1 N–H and O–H groups in total. The highest BCUT2D eigenvalue weighted by Gasteiger charge is 2.07. The van der Waals surface area contributed by atoms with Gasteiger partial charge in [-0.2, -0.15) is 0 Å². The molecule has 1 aromatic heterocycles. The molecule has 3 rings (SSSR count). The predicted molar refractivity (Wildman–Crippen MR) is 65.4 cm³/mol. The van der Waals surface area contributed by atoms with Crippen LogP contribution in [0.2, 0.25) is 0 Å². The summed E-state index contributed by atoms with van der Waals surface area (Å²) in [5, 5.41) is 9.06. The Morgan fingerprint density at radius 3 is 2.65 bits per heavy atom. The molecule has 0 amide bonds. The zero-order chi connectivity index (χ0) is 11.7. The van der Waals surface area contributed by atoms with E-state index in [2.05, 4.69) is 4.98 Å². The van der Waals surface area contributed by atoms with Crippen LogP contribution in [0, 0.1) is 0 Å². The first kappa shape index (κ1) is 10.1. The van der Waals surface area contributed by atoms with Crippen molar-refractivity contribution in [3.8, 4) is 11.5 Å².